The average molecular weight is 265 g/mol. The van der Waals surface area contributed by atoms with Crippen LogP contribution >= 0.6 is 0 Å². The standard InChI is InChI=1S/C15H27N3O/c1-12-6-5-7-18(10-12)11-14-8-13(17-19-14)9-16-15(2,3)4/h8,12,16H,5-7,9-11H2,1-4H3. The molecule has 1 saturated heterocycles. The first-order valence-electron chi connectivity index (χ1n) is 7.34. The molecule has 1 N–H and O–H groups in total. The molecule has 1 atom stereocenters. The van der Waals surface area contributed by atoms with E-state index in [1.54, 1.807) is 0 Å². The van der Waals surface area contributed by atoms with E-state index in [9.17, 15) is 0 Å². The van der Waals surface area contributed by atoms with Crippen LogP contribution in [-0.4, -0.2) is 28.7 Å². The molecular formula is C15H27N3O. The van der Waals surface area contributed by atoms with E-state index >= 15 is 0 Å². The quantitative estimate of drug-likeness (QED) is 0.909. The van der Waals surface area contributed by atoms with Crippen LogP contribution in [-0.2, 0) is 13.1 Å². The van der Waals surface area contributed by atoms with Crippen LogP contribution < -0.4 is 5.32 Å². The Morgan fingerprint density at radius 2 is 2.26 bits per heavy atom. The van der Waals surface area contributed by atoms with Crippen LogP contribution in [0.3, 0.4) is 0 Å². The molecule has 108 valence electrons. The first-order valence-corrected chi connectivity index (χ1v) is 7.34. The van der Waals surface area contributed by atoms with E-state index in [1.165, 1.54) is 25.9 Å². The van der Waals surface area contributed by atoms with Crippen molar-refractivity contribution in [2.75, 3.05) is 13.1 Å². The fourth-order valence-corrected chi connectivity index (χ4v) is 2.52. The van der Waals surface area contributed by atoms with Crippen molar-refractivity contribution in [1.29, 1.82) is 0 Å². The van der Waals surface area contributed by atoms with Crippen molar-refractivity contribution in [3.8, 4) is 0 Å². The van der Waals surface area contributed by atoms with E-state index in [-0.39, 0.29) is 5.54 Å². The number of hydrogen-bond acceptors (Lipinski definition) is 4. The van der Waals surface area contributed by atoms with Gasteiger partial charge >= 0.3 is 0 Å². The molecule has 0 spiro atoms. The largest absolute Gasteiger partial charge is 0.360 e. The van der Waals surface area contributed by atoms with Crippen molar-refractivity contribution < 1.29 is 4.52 Å². The minimum absolute atomic E-state index is 0.113. The van der Waals surface area contributed by atoms with Crippen LogP contribution in [0.5, 0.6) is 0 Å². The van der Waals surface area contributed by atoms with E-state index in [0.29, 0.717) is 0 Å². The highest BCUT2D eigenvalue weighted by Crippen LogP contribution is 2.18. The molecule has 2 heterocycles. The fourth-order valence-electron chi connectivity index (χ4n) is 2.52. The average Bonchev–Trinajstić information content (AvgIpc) is 2.73. The number of piperidine rings is 1. The molecule has 0 amide bonds. The lowest BCUT2D eigenvalue weighted by molar-refractivity contribution is 0.160. The zero-order valence-electron chi connectivity index (χ0n) is 12.7. The zero-order chi connectivity index (χ0) is 13.9. The maximum Gasteiger partial charge on any atom is 0.151 e. The number of hydrogen-bond donors (Lipinski definition) is 1. The Morgan fingerprint density at radius 1 is 1.47 bits per heavy atom. The summed E-state index contributed by atoms with van der Waals surface area (Å²) in [5, 5.41) is 7.57. The van der Waals surface area contributed by atoms with Crippen molar-refractivity contribution >= 4 is 0 Å². The van der Waals surface area contributed by atoms with Crippen molar-refractivity contribution in [3.05, 3.63) is 17.5 Å². The van der Waals surface area contributed by atoms with E-state index in [0.717, 1.165) is 30.5 Å². The van der Waals surface area contributed by atoms with Crippen molar-refractivity contribution in [1.82, 2.24) is 15.4 Å². The molecule has 1 aliphatic heterocycles. The van der Waals surface area contributed by atoms with Gasteiger partial charge in [-0.25, -0.2) is 0 Å². The van der Waals surface area contributed by atoms with Gasteiger partial charge in [0.15, 0.2) is 5.76 Å². The second kappa shape index (κ2) is 6.06. The predicted octanol–water partition coefficient (Wildman–Crippen LogP) is 2.79. The first-order chi connectivity index (χ1) is 8.92. The number of nitrogens with one attached hydrogen (secondary N) is 1. The maximum absolute atomic E-state index is 5.44. The summed E-state index contributed by atoms with van der Waals surface area (Å²) in [6.45, 7) is 12.8. The molecule has 1 aromatic heterocycles. The van der Waals surface area contributed by atoms with Crippen LogP contribution in [0.25, 0.3) is 0 Å². The lowest BCUT2D eigenvalue weighted by atomic mass is 10.0. The molecule has 4 nitrogen and oxygen atoms in total. The number of likely N-dealkylation sites (tertiary alicyclic amines) is 1. The van der Waals surface area contributed by atoms with E-state index in [1.807, 2.05) is 0 Å². The summed E-state index contributed by atoms with van der Waals surface area (Å²) in [5.74, 6) is 1.79. The first kappa shape index (κ1) is 14.5. The van der Waals surface area contributed by atoms with Gasteiger partial charge in [0.2, 0.25) is 0 Å². The third kappa shape index (κ3) is 4.96. The summed E-state index contributed by atoms with van der Waals surface area (Å²) >= 11 is 0. The molecule has 1 fully saturated rings. The molecule has 1 aliphatic rings. The predicted molar refractivity (Wildman–Crippen MR) is 76.8 cm³/mol. The van der Waals surface area contributed by atoms with E-state index in [4.69, 9.17) is 4.52 Å². The molecule has 1 unspecified atom stereocenters. The van der Waals surface area contributed by atoms with E-state index in [2.05, 4.69) is 49.1 Å². The van der Waals surface area contributed by atoms with Crippen LogP contribution in [0, 0.1) is 5.92 Å². The highest BCUT2D eigenvalue weighted by molar-refractivity contribution is 5.05. The zero-order valence-corrected chi connectivity index (χ0v) is 12.7. The summed E-state index contributed by atoms with van der Waals surface area (Å²) in [6.07, 6.45) is 2.65. The van der Waals surface area contributed by atoms with Gasteiger partial charge in [0.25, 0.3) is 0 Å². The Bertz CT molecular complexity index is 394. The summed E-state index contributed by atoms with van der Waals surface area (Å²) in [5.41, 5.74) is 1.11. The number of aromatic nitrogens is 1. The van der Waals surface area contributed by atoms with Gasteiger partial charge in [0.1, 0.15) is 0 Å². The summed E-state index contributed by atoms with van der Waals surface area (Å²) < 4.78 is 5.44. The SMILES string of the molecule is CC1CCCN(Cc2cc(CNC(C)(C)C)no2)C1. The highest BCUT2D eigenvalue weighted by Gasteiger charge is 2.18. The van der Waals surface area contributed by atoms with Crippen molar-refractivity contribution in [3.63, 3.8) is 0 Å². The summed E-state index contributed by atoms with van der Waals surface area (Å²) in [6, 6.07) is 2.08. The molecule has 0 aromatic carbocycles. The van der Waals surface area contributed by atoms with Crippen LogP contribution in [0.15, 0.2) is 10.6 Å². The molecular weight excluding hydrogens is 238 g/mol. The van der Waals surface area contributed by atoms with Gasteiger partial charge in [-0.05, 0) is 46.1 Å². The normalized spacial score (nSPS) is 21.8. The lowest BCUT2D eigenvalue weighted by Crippen LogP contribution is -2.35. The molecule has 1 aromatic rings. The van der Waals surface area contributed by atoms with Crippen molar-refractivity contribution in [2.24, 2.45) is 5.92 Å². The van der Waals surface area contributed by atoms with Gasteiger partial charge < -0.3 is 9.84 Å². The molecule has 19 heavy (non-hydrogen) atoms. The minimum atomic E-state index is 0.113. The Morgan fingerprint density at radius 3 is 2.95 bits per heavy atom. The number of rotatable bonds is 4. The van der Waals surface area contributed by atoms with Gasteiger partial charge in [0, 0.05) is 24.7 Å². The number of nitrogens with zero attached hydrogens (tertiary/aromatic N) is 2. The third-order valence-electron chi connectivity index (χ3n) is 3.53. The monoisotopic (exact) mass is 265 g/mol. The Kier molecular flexibility index (Phi) is 4.63. The maximum atomic E-state index is 5.44. The second-order valence-electron chi connectivity index (χ2n) is 6.87. The van der Waals surface area contributed by atoms with Crippen LogP contribution in [0.1, 0.15) is 52.0 Å². The second-order valence-corrected chi connectivity index (χ2v) is 6.87. The third-order valence-corrected chi connectivity index (χ3v) is 3.53. The van der Waals surface area contributed by atoms with Crippen molar-refractivity contribution in [2.45, 2.75) is 59.2 Å². The van der Waals surface area contributed by atoms with Crippen LogP contribution in [0.4, 0.5) is 0 Å². The fraction of sp³-hybridized carbons (Fsp3) is 0.800. The molecule has 2 rings (SSSR count). The van der Waals surface area contributed by atoms with Gasteiger partial charge in [-0.15, -0.1) is 0 Å². The highest BCUT2D eigenvalue weighted by atomic mass is 16.5. The Hall–Kier alpha value is -0.870. The van der Waals surface area contributed by atoms with Gasteiger partial charge in [0.05, 0.1) is 12.2 Å². The van der Waals surface area contributed by atoms with E-state index < -0.39 is 0 Å². The van der Waals surface area contributed by atoms with Crippen LogP contribution in [0.2, 0.25) is 0 Å². The summed E-state index contributed by atoms with van der Waals surface area (Å²) in [4.78, 5) is 2.47. The molecule has 0 aliphatic carbocycles. The molecule has 0 radical (unpaired) electrons. The van der Waals surface area contributed by atoms with Gasteiger partial charge in [-0.2, -0.15) is 0 Å². The van der Waals surface area contributed by atoms with Gasteiger partial charge in [-0.3, -0.25) is 4.90 Å². The van der Waals surface area contributed by atoms with Gasteiger partial charge in [-0.1, -0.05) is 12.1 Å². The lowest BCUT2D eigenvalue weighted by Gasteiger charge is -2.29. The molecule has 0 saturated carbocycles. The Balaban J connectivity index is 1.83. The topological polar surface area (TPSA) is 41.3 Å². The summed E-state index contributed by atoms with van der Waals surface area (Å²) in [7, 11) is 0. The smallest absolute Gasteiger partial charge is 0.151 e. The molecule has 4 heteroatoms. The molecule has 0 bridgehead atoms. The Labute approximate surface area is 116 Å². The minimum Gasteiger partial charge on any atom is -0.360 e.